The number of carboxylic acid groups (broad SMARTS) is 1. The molecule has 0 aromatic heterocycles. The second kappa shape index (κ2) is 7.33. The number of nitrogens with zero attached hydrogens (tertiary/aromatic N) is 2. The largest absolute Gasteiger partial charge is 0.480 e. The predicted molar refractivity (Wildman–Crippen MR) is 93.6 cm³/mol. The number of carbonyl (C=O) groups is 2. The fraction of sp³-hybridized carbons (Fsp3) is 0.400. The van der Waals surface area contributed by atoms with Gasteiger partial charge in [0.1, 0.15) is 19.0 Å². The van der Waals surface area contributed by atoms with E-state index in [0.29, 0.717) is 10.9 Å². The highest BCUT2D eigenvalue weighted by atomic mass is 32.2. The normalized spacial score (nSPS) is 25.4. The van der Waals surface area contributed by atoms with Crippen LogP contribution in [0.5, 0.6) is 0 Å². The lowest BCUT2D eigenvalue weighted by Crippen LogP contribution is -2.37. The highest BCUT2D eigenvalue weighted by Crippen LogP contribution is 2.40. The van der Waals surface area contributed by atoms with E-state index in [9.17, 15) is 22.4 Å². The molecule has 2 saturated heterocycles. The Morgan fingerprint density at radius 2 is 1.96 bits per heavy atom. The molecule has 2 fully saturated rings. The minimum Gasteiger partial charge on any atom is -0.480 e. The highest BCUT2D eigenvalue weighted by molar-refractivity contribution is 8.16. The van der Waals surface area contributed by atoms with Gasteiger partial charge in [0.2, 0.25) is 0 Å². The van der Waals surface area contributed by atoms with Crippen LogP contribution in [0.15, 0.2) is 29.3 Å². The molecule has 0 spiro atoms. The number of ether oxygens (including phenoxy) is 1. The van der Waals surface area contributed by atoms with E-state index >= 15 is 0 Å². The Bertz CT molecular complexity index is 855. The number of amides is 1. The number of benzene rings is 1. The Kier molecular flexibility index (Phi) is 5.30. The summed E-state index contributed by atoms with van der Waals surface area (Å²) in [6, 6.07) is 5.06. The summed E-state index contributed by atoms with van der Waals surface area (Å²) in [6.07, 6.45) is 0. The monoisotopic (exact) mass is 402 g/mol. The Balaban J connectivity index is 1.84. The number of rotatable bonds is 5. The molecule has 0 saturated carbocycles. The minimum absolute atomic E-state index is 0.0250. The number of amidine groups is 1. The molecular weight excluding hydrogens is 387 g/mol. The van der Waals surface area contributed by atoms with E-state index in [0.717, 1.165) is 0 Å². The van der Waals surface area contributed by atoms with E-state index in [2.05, 4.69) is 4.99 Å². The minimum atomic E-state index is -3.20. The summed E-state index contributed by atoms with van der Waals surface area (Å²) in [5.41, 5.74) is 0.529. The van der Waals surface area contributed by atoms with Gasteiger partial charge in [-0.1, -0.05) is 11.8 Å². The summed E-state index contributed by atoms with van der Waals surface area (Å²) in [6.45, 7) is -1.11. The van der Waals surface area contributed by atoms with Gasteiger partial charge < -0.3 is 14.7 Å². The van der Waals surface area contributed by atoms with Gasteiger partial charge >= 0.3 is 5.97 Å². The van der Waals surface area contributed by atoms with Crippen molar-refractivity contribution in [1.29, 1.82) is 0 Å². The first kappa shape index (κ1) is 18.8. The maximum atomic E-state index is 13.2. The van der Waals surface area contributed by atoms with Crippen molar-refractivity contribution >= 4 is 44.3 Å². The molecule has 0 aliphatic carbocycles. The lowest BCUT2D eigenvalue weighted by Gasteiger charge is -2.24. The summed E-state index contributed by atoms with van der Waals surface area (Å²) < 4.78 is 41.8. The fourth-order valence-electron chi connectivity index (χ4n) is 2.83. The number of aliphatic imine (C=N–C) groups is 1. The number of hydrogen-bond donors (Lipinski definition) is 1. The van der Waals surface area contributed by atoms with Crippen LogP contribution in [0.3, 0.4) is 0 Å². The number of fused-ring (bicyclic) bond motifs is 1. The van der Waals surface area contributed by atoms with Crippen LogP contribution in [0.1, 0.15) is 0 Å². The second-order valence-electron chi connectivity index (χ2n) is 5.82. The highest BCUT2D eigenvalue weighted by Gasteiger charge is 2.49. The van der Waals surface area contributed by atoms with Crippen molar-refractivity contribution in [2.75, 3.05) is 29.6 Å². The summed E-state index contributed by atoms with van der Waals surface area (Å²) in [5, 5.41) is 8.53. The topological polar surface area (TPSA) is 113 Å². The van der Waals surface area contributed by atoms with Crippen LogP contribution >= 0.6 is 11.8 Å². The van der Waals surface area contributed by atoms with E-state index < -0.39 is 46.8 Å². The van der Waals surface area contributed by atoms with Crippen LogP contribution in [0, 0.1) is 5.82 Å². The average Bonchev–Trinajstić information content (AvgIpc) is 2.99. The van der Waals surface area contributed by atoms with Crippen molar-refractivity contribution < 1.29 is 32.2 Å². The molecule has 0 bridgehead atoms. The Hall–Kier alpha value is -1.98. The molecule has 2 heterocycles. The molecule has 1 aromatic carbocycles. The maximum absolute atomic E-state index is 13.2. The first-order chi connectivity index (χ1) is 12.2. The summed E-state index contributed by atoms with van der Waals surface area (Å²) in [7, 11) is -3.20. The van der Waals surface area contributed by atoms with Crippen LogP contribution < -0.4 is 4.90 Å². The Morgan fingerprint density at radius 1 is 1.27 bits per heavy atom. The summed E-state index contributed by atoms with van der Waals surface area (Å²) in [5.74, 6) is -2.42. The lowest BCUT2D eigenvalue weighted by molar-refractivity contribution is -0.143. The average molecular weight is 402 g/mol. The molecule has 0 unspecified atom stereocenters. The number of carbonyl (C=O) groups excluding carboxylic acids is 1. The van der Waals surface area contributed by atoms with Gasteiger partial charge in [0.05, 0.1) is 17.5 Å². The standard InChI is InChI=1S/C15H15FN2O6S2/c16-9-1-3-10(4-2-9)18-11-7-26(22,23)8-12(11)25-15(18)17-13(19)5-24-6-14(20)21/h1-4,11-12H,5-8H2,(H,20,21)/t11-,12-/m0/s1. The molecule has 0 radical (unpaired) electrons. The predicted octanol–water partition coefficient (Wildman–Crippen LogP) is 0.528. The van der Waals surface area contributed by atoms with E-state index in [4.69, 9.17) is 9.84 Å². The Labute approximate surface area is 153 Å². The van der Waals surface area contributed by atoms with Gasteiger partial charge in [0.25, 0.3) is 5.91 Å². The zero-order valence-corrected chi connectivity index (χ0v) is 15.0. The van der Waals surface area contributed by atoms with Crippen molar-refractivity contribution in [2.24, 2.45) is 4.99 Å². The number of carboxylic acids is 1. The fourth-order valence-corrected chi connectivity index (χ4v) is 6.76. The third kappa shape index (κ3) is 4.22. The quantitative estimate of drug-likeness (QED) is 0.759. The molecule has 26 heavy (non-hydrogen) atoms. The van der Waals surface area contributed by atoms with E-state index in [-0.39, 0.29) is 16.8 Å². The van der Waals surface area contributed by atoms with Gasteiger partial charge in [-0.2, -0.15) is 4.99 Å². The number of hydrogen-bond acceptors (Lipinski definition) is 6. The molecule has 2 aliphatic heterocycles. The van der Waals surface area contributed by atoms with Gasteiger partial charge in [-0.05, 0) is 24.3 Å². The molecule has 11 heteroatoms. The van der Waals surface area contributed by atoms with E-state index in [1.54, 1.807) is 4.90 Å². The molecule has 3 rings (SSSR count). The van der Waals surface area contributed by atoms with Crippen molar-refractivity contribution in [3.63, 3.8) is 0 Å². The molecule has 2 aliphatic rings. The van der Waals surface area contributed by atoms with Crippen molar-refractivity contribution in [2.45, 2.75) is 11.3 Å². The number of aliphatic carboxylic acids is 1. The molecule has 1 aromatic rings. The number of thioether (sulfide) groups is 1. The van der Waals surface area contributed by atoms with Crippen LogP contribution in [-0.2, 0) is 24.2 Å². The van der Waals surface area contributed by atoms with E-state index in [1.165, 1.54) is 36.0 Å². The van der Waals surface area contributed by atoms with Gasteiger partial charge in [-0.3, -0.25) is 4.79 Å². The van der Waals surface area contributed by atoms with Gasteiger partial charge in [-0.15, -0.1) is 0 Å². The number of anilines is 1. The smallest absolute Gasteiger partial charge is 0.329 e. The maximum Gasteiger partial charge on any atom is 0.329 e. The molecule has 2 atom stereocenters. The zero-order chi connectivity index (χ0) is 18.9. The molecule has 8 nitrogen and oxygen atoms in total. The molecular formula is C15H15FN2O6S2. The van der Waals surface area contributed by atoms with Gasteiger partial charge in [0.15, 0.2) is 15.0 Å². The zero-order valence-electron chi connectivity index (χ0n) is 13.4. The van der Waals surface area contributed by atoms with Gasteiger partial charge in [-0.25, -0.2) is 17.6 Å². The van der Waals surface area contributed by atoms with Crippen molar-refractivity contribution in [1.82, 2.24) is 0 Å². The number of halogens is 1. The van der Waals surface area contributed by atoms with Crippen LogP contribution in [0.25, 0.3) is 0 Å². The van der Waals surface area contributed by atoms with E-state index in [1.807, 2.05) is 0 Å². The molecule has 140 valence electrons. The van der Waals surface area contributed by atoms with Gasteiger partial charge in [0, 0.05) is 10.9 Å². The van der Waals surface area contributed by atoms with Crippen LogP contribution in [-0.4, -0.2) is 66.6 Å². The first-order valence-corrected chi connectivity index (χ1v) is 10.3. The molecule has 1 N–H and O–H groups in total. The molecule has 1 amide bonds. The van der Waals surface area contributed by atoms with Crippen LogP contribution in [0.2, 0.25) is 0 Å². The van der Waals surface area contributed by atoms with Crippen LogP contribution in [0.4, 0.5) is 10.1 Å². The summed E-state index contributed by atoms with van der Waals surface area (Å²) >= 11 is 1.17. The number of sulfone groups is 1. The second-order valence-corrected chi connectivity index (χ2v) is 9.18. The lowest BCUT2D eigenvalue weighted by atomic mass is 10.2. The van der Waals surface area contributed by atoms with Crippen molar-refractivity contribution in [3.05, 3.63) is 30.1 Å². The van der Waals surface area contributed by atoms with Crippen molar-refractivity contribution in [3.8, 4) is 0 Å². The summed E-state index contributed by atoms with van der Waals surface area (Å²) in [4.78, 5) is 27.9. The SMILES string of the molecule is O=C(O)COCC(=O)N=C1S[C@H]2CS(=O)(=O)C[C@@H]2N1c1ccc(F)cc1. The third-order valence-corrected chi connectivity index (χ3v) is 7.05. The first-order valence-electron chi connectivity index (χ1n) is 7.58. The Morgan fingerprint density at radius 3 is 2.62 bits per heavy atom. The third-order valence-electron chi connectivity index (χ3n) is 3.84.